The van der Waals surface area contributed by atoms with Gasteiger partial charge in [0.05, 0.1) is 5.92 Å². The molecule has 3 rings (SSSR count). The van der Waals surface area contributed by atoms with E-state index in [-0.39, 0.29) is 17.7 Å². The molecule has 0 amide bonds. The van der Waals surface area contributed by atoms with Gasteiger partial charge < -0.3 is 15.5 Å². The average Bonchev–Trinajstić information content (AvgIpc) is 2.88. The summed E-state index contributed by atoms with van der Waals surface area (Å²) < 4.78 is 0. The molecule has 5 heteroatoms. The molecular formula is C15H16N2O3. The molecule has 5 nitrogen and oxygen atoms in total. The van der Waals surface area contributed by atoms with E-state index in [1.54, 1.807) is 18.3 Å². The highest BCUT2D eigenvalue weighted by molar-refractivity contribution is 5.92. The largest absolute Gasteiger partial charge is 0.508 e. The van der Waals surface area contributed by atoms with E-state index in [9.17, 15) is 9.90 Å². The summed E-state index contributed by atoms with van der Waals surface area (Å²) in [6, 6.07) is 7.16. The van der Waals surface area contributed by atoms with E-state index in [0.717, 1.165) is 17.2 Å². The number of phenolic OH excluding ortho intramolecular Hbond substituents is 1. The number of carboxylic acid groups (broad SMARTS) is 1. The van der Waals surface area contributed by atoms with Crippen molar-refractivity contribution in [2.24, 2.45) is 5.92 Å². The van der Waals surface area contributed by atoms with Gasteiger partial charge in [0, 0.05) is 17.6 Å². The first-order chi connectivity index (χ1) is 9.63. The molecule has 1 saturated carbocycles. The van der Waals surface area contributed by atoms with Gasteiger partial charge in [-0.25, -0.2) is 4.98 Å². The van der Waals surface area contributed by atoms with Gasteiger partial charge in [0.2, 0.25) is 0 Å². The van der Waals surface area contributed by atoms with Crippen LogP contribution in [0.4, 0.5) is 5.82 Å². The summed E-state index contributed by atoms with van der Waals surface area (Å²) in [5.74, 6) is -0.0912. The molecule has 0 spiro atoms. The quantitative estimate of drug-likeness (QED) is 0.800. The number of aromatic nitrogens is 1. The van der Waals surface area contributed by atoms with Crippen molar-refractivity contribution in [2.75, 3.05) is 5.32 Å². The zero-order valence-electron chi connectivity index (χ0n) is 10.9. The zero-order chi connectivity index (χ0) is 14.1. The third-order valence-electron chi connectivity index (χ3n) is 3.87. The molecule has 0 saturated heterocycles. The number of nitrogens with zero attached hydrogens (tertiary/aromatic N) is 1. The van der Waals surface area contributed by atoms with Gasteiger partial charge in [0.25, 0.3) is 0 Å². The van der Waals surface area contributed by atoms with Crippen LogP contribution >= 0.6 is 0 Å². The molecule has 1 aliphatic carbocycles. The number of carboxylic acids is 1. The Balaban J connectivity index is 1.85. The van der Waals surface area contributed by atoms with Crippen LogP contribution in [0, 0.1) is 5.92 Å². The summed E-state index contributed by atoms with van der Waals surface area (Å²) in [6.45, 7) is 0. The fourth-order valence-electron chi connectivity index (χ4n) is 2.80. The Hall–Kier alpha value is -2.30. The van der Waals surface area contributed by atoms with E-state index < -0.39 is 5.97 Å². The maximum absolute atomic E-state index is 11.0. The molecule has 0 aliphatic heterocycles. The summed E-state index contributed by atoms with van der Waals surface area (Å²) in [5, 5.41) is 23.8. The van der Waals surface area contributed by atoms with Crippen LogP contribution in [-0.4, -0.2) is 27.2 Å². The molecule has 2 atom stereocenters. The van der Waals surface area contributed by atoms with Crippen molar-refractivity contribution in [3.63, 3.8) is 0 Å². The normalized spacial score (nSPS) is 22.0. The number of nitrogens with one attached hydrogen (secondary N) is 1. The third-order valence-corrected chi connectivity index (χ3v) is 3.87. The van der Waals surface area contributed by atoms with Gasteiger partial charge in [-0.15, -0.1) is 0 Å². The topological polar surface area (TPSA) is 82.5 Å². The van der Waals surface area contributed by atoms with E-state index in [1.165, 1.54) is 0 Å². The van der Waals surface area contributed by atoms with E-state index in [1.807, 2.05) is 12.1 Å². The number of fused-ring (bicyclic) bond motifs is 1. The van der Waals surface area contributed by atoms with Gasteiger partial charge in [-0.2, -0.15) is 0 Å². The number of anilines is 1. The number of hydrogen-bond donors (Lipinski definition) is 3. The molecule has 0 bridgehead atoms. The smallest absolute Gasteiger partial charge is 0.306 e. The van der Waals surface area contributed by atoms with Crippen molar-refractivity contribution in [3.8, 4) is 5.75 Å². The first kappa shape index (κ1) is 12.7. The van der Waals surface area contributed by atoms with Crippen LogP contribution < -0.4 is 5.32 Å². The molecule has 0 unspecified atom stereocenters. The number of phenols is 1. The lowest BCUT2D eigenvalue weighted by Crippen LogP contribution is -2.18. The minimum absolute atomic E-state index is 0.122. The maximum atomic E-state index is 11.0. The highest BCUT2D eigenvalue weighted by Crippen LogP contribution is 2.31. The molecule has 1 fully saturated rings. The van der Waals surface area contributed by atoms with Crippen LogP contribution in [0.2, 0.25) is 0 Å². The molecule has 1 aliphatic rings. The van der Waals surface area contributed by atoms with Crippen molar-refractivity contribution in [1.82, 2.24) is 4.98 Å². The predicted octanol–water partition coefficient (Wildman–Crippen LogP) is 2.61. The minimum atomic E-state index is -0.724. The SMILES string of the molecule is O=C(O)[C@@H]1CC[C@H](Nc2nccc3ccc(O)cc23)C1. The van der Waals surface area contributed by atoms with Gasteiger partial charge in [0.15, 0.2) is 0 Å². The molecule has 0 radical (unpaired) electrons. The average molecular weight is 272 g/mol. The van der Waals surface area contributed by atoms with E-state index in [0.29, 0.717) is 18.7 Å². The van der Waals surface area contributed by atoms with Crippen LogP contribution in [-0.2, 0) is 4.79 Å². The van der Waals surface area contributed by atoms with Crippen LogP contribution in [0.25, 0.3) is 10.8 Å². The van der Waals surface area contributed by atoms with Gasteiger partial charge >= 0.3 is 5.97 Å². The van der Waals surface area contributed by atoms with Crippen LogP contribution in [0.1, 0.15) is 19.3 Å². The second-order valence-corrected chi connectivity index (χ2v) is 5.25. The first-order valence-electron chi connectivity index (χ1n) is 6.70. The summed E-state index contributed by atoms with van der Waals surface area (Å²) >= 11 is 0. The summed E-state index contributed by atoms with van der Waals surface area (Å²) in [5.41, 5.74) is 0. The highest BCUT2D eigenvalue weighted by atomic mass is 16.4. The number of aliphatic carboxylic acids is 1. The van der Waals surface area contributed by atoms with Crippen molar-refractivity contribution in [1.29, 1.82) is 0 Å². The minimum Gasteiger partial charge on any atom is -0.508 e. The van der Waals surface area contributed by atoms with Crippen molar-refractivity contribution in [3.05, 3.63) is 30.5 Å². The Bertz CT molecular complexity index is 657. The fraction of sp³-hybridized carbons (Fsp3) is 0.333. The van der Waals surface area contributed by atoms with E-state index in [2.05, 4.69) is 10.3 Å². The lowest BCUT2D eigenvalue weighted by Gasteiger charge is -2.15. The lowest BCUT2D eigenvalue weighted by atomic mass is 10.1. The lowest BCUT2D eigenvalue weighted by molar-refractivity contribution is -0.141. The Labute approximate surface area is 116 Å². The summed E-state index contributed by atoms with van der Waals surface area (Å²) in [7, 11) is 0. The van der Waals surface area contributed by atoms with Crippen LogP contribution in [0.3, 0.4) is 0 Å². The van der Waals surface area contributed by atoms with E-state index in [4.69, 9.17) is 5.11 Å². The van der Waals surface area contributed by atoms with Crippen molar-refractivity contribution < 1.29 is 15.0 Å². The predicted molar refractivity (Wildman–Crippen MR) is 75.8 cm³/mol. The van der Waals surface area contributed by atoms with Crippen molar-refractivity contribution in [2.45, 2.75) is 25.3 Å². The van der Waals surface area contributed by atoms with Crippen LogP contribution in [0.5, 0.6) is 5.75 Å². The number of carbonyl (C=O) groups is 1. The molecule has 104 valence electrons. The molecule has 1 aromatic heterocycles. The standard InChI is InChI=1S/C15H16N2O3/c18-12-4-2-9-5-6-16-14(13(9)8-12)17-11-3-1-10(7-11)15(19)20/h2,4-6,8,10-11,18H,1,3,7H2,(H,16,17)(H,19,20)/t10-,11+/m1/s1. The molecule has 3 N–H and O–H groups in total. The number of pyridine rings is 1. The van der Waals surface area contributed by atoms with Gasteiger partial charge in [0.1, 0.15) is 11.6 Å². The molecule has 1 heterocycles. The molecule has 1 aromatic carbocycles. The zero-order valence-corrected chi connectivity index (χ0v) is 10.9. The van der Waals surface area contributed by atoms with Crippen LogP contribution in [0.15, 0.2) is 30.5 Å². The van der Waals surface area contributed by atoms with Gasteiger partial charge in [-0.05, 0) is 42.8 Å². The number of aromatic hydroxyl groups is 1. The maximum Gasteiger partial charge on any atom is 0.306 e. The van der Waals surface area contributed by atoms with Gasteiger partial charge in [-0.3, -0.25) is 4.79 Å². The third kappa shape index (κ3) is 2.39. The molecular weight excluding hydrogens is 256 g/mol. The van der Waals surface area contributed by atoms with E-state index >= 15 is 0 Å². The molecule has 20 heavy (non-hydrogen) atoms. The second kappa shape index (κ2) is 5.00. The Morgan fingerprint density at radius 2 is 2.15 bits per heavy atom. The number of hydrogen-bond acceptors (Lipinski definition) is 4. The van der Waals surface area contributed by atoms with Gasteiger partial charge in [-0.1, -0.05) is 6.07 Å². The monoisotopic (exact) mass is 272 g/mol. The molecule has 2 aromatic rings. The van der Waals surface area contributed by atoms with Crippen molar-refractivity contribution >= 4 is 22.6 Å². The summed E-state index contributed by atoms with van der Waals surface area (Å²) in [6.07, 6.45) is 3.86. The Morgan fingerprint density at radius 3 is 2.90 bits per heavy atom. The number of benzene rings is 1. The fourth-order valence-corrected chi connectivity index (χ4v) is 2.80. The number of rotatable bonds is 3. The second-order valence-electron chi connectivity index (χ2n) is 5.25. The highest BCUT2D eigenvalue weighted by Gasteiger charge is 2.29. The first-order valence-corrected chi connectivity index (χ1v) is 6.70. The summed E-state index contributed by atoms with van der Waals surface area (Å²) in [4.78, 5) is 15.3. The Kier molecular flexibility index (Phi) is 3.18. The Morgan fingerprint density at radius 1 is 1.30 bits per heavy atom.